The molecule has 0 amide bonds. The van der Waals surface area contributed by atoms with Crippen LogP contribution in [0.25, 0.3) is 0 Å². The average molecular weight is 246 g/mol. The summed E-state index contributed by atoms with van der Waals surface area (Å²) in [6, 6.07) is 8.23. The van der Waals surface area contributed by atoms with Gasteiger partial charge in [0.1, 0.15) is 5.82 Å². The van der Waals surface area contributed by atoms with Gasteiger partial charge in [-0.3, -0.25) is 4.90 Å². The first-order chi connectivity index (χ1) is 8.80. The Kier molecular flexibility index (Phi) is 6.82. The molecule has 4 nitrogen and oxygen atoms in total. The molecule has 0 aromatic carbocycles. The molecule has 1 aromatic heterocycles. The first-order valence-electron chi connectivity index (χ1n) is 6.59. The molecule has 4 heteroatoms. The van der Waals surface area contributed by atoms with Crippen LogP contribution in [-0.4, -0.2) is 29.5 Å². The molecule has 1 aromatic rings. The lowest BCUT2D eigenvalue weighted by atomic mass is 10.3. The first kappa shape index (κ1) is 14.5. The lowest BCUT2D eigenvalue weighted by Gasteiger charge is -2.18. The Bertz CT molecular complexity index is 384. The van der Waals surface area contributed by atoms with Crippen molar-refractivity contribution in [2.24, 2.45) is 0 Å². The van der Waals surface area contributed by atoms with E-state index in [1.54, 1.807) is 0 Å². The van der Waals surface area contributed by atoms with Crippen LogP contribution in [0.15, 0.2) is 18.2 Å². The van der Waals surface area contributed by atoms with Gasteiger partial charge in [0.15, 0.2) is 0 Å². The van der Waals surface area contributed by atoms with Crippen molar-refractivity contribution in [2.45, 2.75) is 33.2 Å². The minimum atomic E-state index is 0.571. The predicted octanol–water partition coefficient (Wildman–Crippen LogP) is 2.64. The molecule has 1 N–H and O–H groups in total. The van der Waals surface area contributed by atoms with Gasteiger partial charge in [-0.05, 0) is 25.1 Å². The number of aromatic nitrogens is 1. The third-order valence-corrected chi connectivity index (χ3v) is 2.74. The van der Waals surface area contributed by atoms with Gasteiger partial charge in [0.25, 0.3) is 0 Å². The molecule has 0 atom stereocenters. The van der Waals surface area contributed by atoms with Crippen molar-refractivity contribution in [1.29, 1.82) is 5.26 Å². The number of hydrogen-bond donors (Lipinski definition) is 1. The zero-order valence-electron chi connectivity index (χ0n) is 11.3. The Balaban J connectivity index is 2.57. The lowest BCUT2D eigenvalue weighted by Crippen LogP contribution is -2.24. The molecule has 0 aliphatic rings. The number of rotatable bonds is 8. The number of pyridine rings is 1. The molecule has 0 aliphatic heterocycles. The maximum absolute atomic E-state index is 8.62. The van der Waals surface area contributed by atoms with Gasteiger partial charge in [-0.1, -0.05) is 19.9 Å². The normalized spacial score (nSPS) is 10.3. The molecule has 0 saturated heterocycles. The van der Waals surface area contributed by atoms with Crippen LogP contribution < -0.4 is 5.32 Å². The minimum Gasteiger partial charge on any atom is -0.370 e. The van der Waals surface area contributed by atoms with Crippen LogP contribution in [0.5, 0.6) is 0 Å². The highest BCUT2D eigenvalue weighted by Crippen LogP contribution is 2.08. The van der Waals surface area contributed by atoms with Gasteiger partial charge < -0.3 is 5.32 Å². The Hall–Kier alpha value is -1.60. The van der Waals surface area contributed by atoms with Crippen LogP contribution in [-0.2, 0) is 6.54 Å². The van der Waals surface area contributed by atoms with Gasteiger partial charge in [0, 0.05) is 26.1 Å². The zero-order valence-corrected chi connectivity index (χ0v) is 11.3. The van der Waals surface area contributed by atoms with E-state index in [9.17, 15) is 0 Å². The summed E-state index contributed by atoms with van der Waals surface area (Å²) in [7, 11) is 0. The molecule has 1 heterocycles. The molecular weight excluding hydrogens is 224 g/mol. The average Bonchev–Trinajstić information content (AvgIpc) is 2.41. The second-order valence-electron chi connectivity index (χ2n) is 4.22. The fourth-order valence-corrected chi connectivity index (χ4v) is 1.71. The molecule has 0 unspecified atom stereocenters. The predicted molar refractivity (Wildman–Crippen MR) is 74.2 cm³/mol. The summed E-state index contributed by atoms with van der Waals surface area (Å²) in [6.07, 6.45) is 1.66. The highest BCUT2D eigenvalue weighted by Gasteiger charge is 2.05. The minimum absolute atomic E-state index is 0.571. The molecule has 0 radical (unpaired) electrons. The van der Waals surface area contributed by atoms with Crippen molar-refractivity contribution in [2.75, 3.05) is 25.0 Å². The van der Waals surface area contributed by atoms with E-state index < -0.39 is 0 Å². The standard InChI is InChI=1S/C14H22N4/c1-3-10-16-14-8-5-7-13(17-14)12-18(4-2)11-6-9-15/h5,7-8H,3-4,6,10-12H2,1-2H3,(H,16,17). The van der Waals surface area contributed by atoms with E-state index in [0.29, 0.717) is 6.42 Å². The number of nitrogens with one attached hydrogen (secondary N) is 1. The summed E-state index contributed by atoms with van der Waals surface area (Å²) in [5.74, 6) is 0.936. The van der Waals surface area contributed by atoms with E-state index in [1.807, 2.05) is 18.2 Å². The molecule has 18 heavy (non-hydrogen) atoms. The van der Waals surface area contributed by atoms with Crippen molar-refractivity contribution in [1.82, 2.24) is 9.88 Å². The SMILES string of the molecule is CCCNc1cccc(CN(CC)CCC#N)n1. The van der Waals surface area contributed by atoms with Crippen LogP contribution in [0.4, 0.5) is 5.82 Å². The Labute approximate surface area is 110 Å². The van der Waals surface area contributed by atoms with Crippen molar-refractivity contribution in [3.63, 3.8) is 0 Å². The van der Waals surface area contributed by atoms with Crippen LogP contribution in [0, 0.1) is 11.3 Å². The molecule has 0 aliphatic carbocycles. The second-order valence-corrected chi connectivity index (χ2v) is 4.22. The molecule has 0 fully saturated rings. The first-order valence-corrected chi connectivity index (χ1v) is 6.59. The van der Waals surface area contributed by atoms with Gasteiger partial charge in [-0.25, -0.2) is 4.98 Å². The van der Waals surface area contributed by atoms with E-state index in [1.165, 1.54) is 0 Å². The van der Waals surface area contributed by atoms with Crippen LogP contribution in [0.1, 0.15) is 32.4 Å². The zero-order chi connectivity index (χ0) is 13.2. The van der Waals surface area contributed by atoms with Crippen molar-refractivity contribution in [3.8, 4) is 6.07 Å². The molecule has 0 spiro atoms. The van der Waals surface area contributed by atoms with Crippen LogP contribution in [0.2, 0.25) is 0 Å². The van der Waals surface area contributed by atoms with Gasteiger partial charge in [-0.15, -0.1) is 0 Å². The third kappa shape index (κ3) is 5.15. The molecule has 0 bridgehead atoms. The maximum Gasteiger partial charge on any atom is 0.126 e. The number of anilines is 1. The summed E-state index contributed by atoms with van der Waals surface area (Å²) in [6.45, 7) is 7.74. The highest BCUT2D eigenvalue weighted by molar-refractivity contribution is 5.35. The van der Waals surface area contributed by atoms with Gasteiger partial charge in [-0.2, -0.15) is 5.26 Å². The second kappa shape index (κ2) is 8.48. The summed E-state index contributed by atoms with van der Waals surface area (Å²) >= 11 is 0. The number of hydrogen-bond acceptors (Lipinski definition) is 4. The summed E-state index contributed by atoms with van der Waals surface area (Å²) in [5, 5.41) is 11.9. The smallest absolute Gasteiger partial charge is 0.126 e. The lowest BCUT2D eigenvalue weighted by molar-refractivity contribution is 0.283. The topological polar surface area (TPSA) is 52.0 Å². The Morgan fingerprint density at radius 2 is 2.22 bits per heavy atom. The van der Waals surface area contributed by atoms with Crippen molar-refractivity contribution < 1.29 is 0 Å². The summed E-state index contributed by atoms with van der Waals surface area (Å²) < 4.78 is 0. The largest absolute Gasteiger partial charge is 0.370 e. The molecule has 1 rings (SSSR count). The highest BCUT2D eigenvalue weighted by atomic mass is 15.1. The summed E-state index contributed by atoms with van der Waals surface area (Å²) in [4.78, 5) is 6.80. The fourth-order valence-electron chi connectivity index (χ4n) is 1.71. The maximum atomic E-state index is 8.62. The molecule has 0 saturated carbocycles. The Morgan fingerprint density at radius 3 is 2.89 bits per heavy atom. The quantitative estimate of drug-likeness (QED) is 0.766. The van der Waals surface area contributed by atoms with Crippen molar-refractivity contribution >= 4 is 5.82 Å². The fraction of sp³-hybridized carbons (Fsp3) is 0.571. The van der Waals surface area contributed by atoms with Crippen LogP contribution in [0.3, 0.4) is 0 Å². The van der Waals surface area contributed by atoms with E-state index in [-0.39, 0.29) is 0 Å². The van der Waals surface area contributed by atoms with E-state index >= 15 is 0 Å². The van der Waals surface area contributed by atoms with Gasteiger partial charge in [0.2, 0.25) is 0 Å². The Morgan fingerprint density at radius 1 is 1.39 bits per heavy atom. The summed E-state index contributed by atoms with van der Waals surface area (Å²) in [5.41, 5.74) is 1.05. The van der Waals surface area contributed by atoms with E-state index in [0.717, 1.165) is 44.1 Å². The van der Waals surface area contributed by atoms with E-state index in [4.69, 9.17) is 5.26 Å². The van der Waals surface area contributed by atoms with Gasteiger partial charge in [0.05, 0.1) is 11.8 Å². The molecule has 98 valence electrons. The number of nitriles is 1. The molecular formula is C14H22N4. The third-order valence-electron chi connectivity index (χ3n) is 2.74. The van der Waals surface area contributed by atoms with Crippen LogP contribution >= 0.6 is 0 Å². The van der Waals surface area contributed by atoms with E-state index in [2.05, 4.69) is 35.1 Å². The van der Waals surface area contributed by atoms with Crippen molar-refractivity contribution in [3.05, 3.63) is 23.9 Å². The number of nitrogens with zero attached hydrogens (tertiary/aromatic N) is 3. The van der Waals surface area contributed by atoms with Gasteiger partial charge >= 0.3 is 0 Å². The monoisotopic (exact) mass is 246 g/mol.